The molecule has 3 aromatic rings. The van der Waals surface area contributed by atoms with E-state index in [1.807, 2.05) is 54.6 Å². The number of hydrogen-bond donors (Lipinski definition) is 2. The lowest BCUT2D eigenvalue weighted by molar-refractivity contribution is -0.141. The Bertz CT molecular complexity index is 1300. The fraction of sp³-hybridized carbons (Fsp3) is 0.364. The van der Waals surface area contributed by atoms with Crippen LogP contribution in [0.4, 0.5) is 4.79 Å². The molecule has 1 saturated carbocycles. The summed E-state index contributed by atoms with van der Waals surface area (Å²) in [5.41, 5.74) is 5.64. The van der Waals surface area contributed by atoms with E-state index in [0.717, 1.165) is 42.4 Å². The van der Waals surface area contributed by atoms with Crippen molar-refractivity contribution in [1.29, 1.82) is 0 Å². The fourth-order valence-electron chi connectivity index (χ4n) is 6.18. The van der Waals surface area contributed by atoms with Gasteiger partial charge in [0.1, 0.15) is 6.61 Å². The number of alkyl carbamates (subject to hydrolysis) is 1. The molecule has 7 heteroatoms. The van der Waals surface area contributed by atoms with Gasteiger partial charge in [-0.15, -0.1) is 0 Å². The first-order chi connectivity index (χ1) is 19.5. The summed E-state index contributed by atoms with van der Waals surface area (Å²) in [5.74, 6) is -1.26. The number of carbonyl (C=O) groups is 3. The Morgan fingerprint density at radius 3 is 2.15 bits per heavy atom. The molecule has 208 valence electrons. The van der Waals surface area contributed by atoms with E-state index in [0.29, 0.717) is 13.1 Å². The first-order valence-electron chi connectivity index (χ1n) is 14.1. The van der Waals surface area contributed by atoms with Gasteiger partial charge in [-0.1, -0.05) is 91.7 Å². The number of hydrogen-bond acceptors (Lipinski definition) is 4. The van der Waals surface area contributed by atoms with Crippen molar-refractivity contribution in [2.75, 3.05) is 19.7 Å². The van der Waals surface area contributed by atoms with Crippen LogP contribution in [0.15, 0.2) is 78.9 Å². The number of fused-ring (bicyclic) bond motifs is 3. The fourth-order valence-corrected chi connectivity index (χ4v) is 6.18. The van der Waals surface area contributed by atoms with Crippen LogP contribution in [-0.2, 0) is 20.9 Å². The van der Waals surface area contributed by atoms with E-state index >= 15 is 0 Å². The second-order valence-electron chi connectivity index (χ2n) is 10.7. The lowest BCUT2D eigenvalue weighted by Gasteiger charge is -2.35. The van der Waals surface area contributed by atoms with Gasteiger partial charge in [0.2, 0.25) is 5.91 Å². The van der Waals surface area contributed by atoms with Crippen LogP contribution in [0.25, 0.3) is 11.1 Å². The number of nitrogens with zero attached hydrogens (tertiary/aromatic N) is 1. The van der Waals surface area contributed by atoms with Crippen molar-refractivity contribution in [2.24, 2.45) is 11.8 Å². The molecule has 2 aliphatic carbocycles. The van der Waals surface area contributed by atoms with E-state index in [1.165, 1.54) is 11.1 Å². The van der Waals surface area contributed by atoms with Crippen molar-refractivity contribution in [3.8, 4) is 11.1 Å². The maximum Gasteiger partial charge on any atom is 0.407 e. The molecule has 40 heavy (non-hydrogen) atoms. The number of carboxylic acid groups (broad SMARTS) is 1. The first kappa shape index (κ1) is 27.4. The number of carbonyl (C=O) groups excluding carboxylic acids is 2. The SMILES string of the molecule is O=C(O)CCN(Cc1ccccc1)C(=O)C1CCCCC1CNC(=O)OCC1c2ccccc2-c2ccccc21. The average molecular weight is 541 g/mol. The Hall–Kier alpha value is -4.13. The Labute approximate surface area is 235 Å². The van der Waals surface area contributed by atoms with Crippen molar-refractivity contribution < 1.29 is 24.2 Å². The quantitative estimate of drug-likeness (QED) is 0.337. The monoisotopic (exact) mass is 540 g/mol. The molecule has 2 amide bonds. The summed E-state index contributed by atoms with van der Waals surface area (Å²) in [4.78, 5) is 39.5. The van der Waals surface area contributed by atoms with Crippen molar-refractivity contribution in [2.45, 2.75) is 44.6 Å². The van der Waals surface area contributed by atoms with Crippen molar-refractivity contribution in [3.63, 3.8) is 0 Å². The predicted molar refractivity (Wildman–Crippen MR) is 153 cm³/mol. The van der Waals surface area contributed by atoms with Crippen LogP contribution in [0, 0.1) is 11.8 Å². The first-order valence-corrected chi connectivity index (χ1v) is 14.1. The number of benzene rings is 3. The van der Waals surface area contributed by atoms with Gasteiger partial charge >= 0.3 is 12.1 Å². The number of rotatable bonds is 10. The molecule has 0 aliphatic heterocycles. The number of amides is 2. The third kappa shape index (κ3) is 6.36. The lowest BCUT2D eigenvalue weighted by Crippen LogP contribution is -2.44. The highest BCUT2D eigenvalue weighted by molar-refractivity contribution is 5.80. The van der Waals surface area contributed by atoms with Crippen LogP contribution in [0.5, 0.6) is 0 Å². The van der Waals surface area contributed by atoms with Crippen LogP contribution in [0.1, 0.15) is 54.7 Å². The summed E-state index contributed by atoms with van der Waals surface area (Å²) >= 11 is 0. The average Bonchev–Trinajstić information content (AvgIpc) is 3.31. The summed E-state index contributed by atoms with van der Waals surface area (Å²) in [5, 5.41) is 12.2. The predicted octanol–water partition coefficient (Wildman–Crippen LogP) is 5.84. The Balaban J connectivity index is 1.20. The highest BCUT2D eigenvalue weighted by atomic mass is 16.5. The molecule has 7 nitrogen and oxygen atoms in total. The molecule has 2 N–H and O–H groups in total. The summed E-state index contributed by atoms with van der Waals surface area (Å²) in [6.07, 6.45) is 2.91. The molecule has 0 heterocycles. The van der Waals surface area contributed by atoms with Gasteiger partial charge in [-0.2, -0.15) is 0 Å². The molecule has 2 unspecified atom stereocenters. The Morgan fingerprint density at radius 2 is 1.48 bits per heavy atom. The van der Waals surface area contributed by atoms with E-state index in [1.54, 1.807) is 4.90 Å². The standard InChI is InChI=1S/C33H36N2O5/c36-31(37)18-19-35(21-23-10-2-1-3-11-23)32(38)25-13-5-4-12-24(25)20-34-33(39)40-22-30-28-16-8-6-14-26(28)27-15-7-9-17-29(27)30/h1-3,6-11,14-17,24-25,30H,4-5,12-13,18-22H2,(H,34,39)(H,36,37). The zero-order chi connectivity index (χ0) is 27.9. The maximum atomic E-state index is 13.7. The largest absolute Gasteiger partial charge is 0.481 e. The van der Waals surface area contributed by atoms with Gasteiger partial charge in [-0.3, -0.25) is 9.59 Å². The smallest absolute Gasteiger partial charge is 0.407 e. The van der Waals surface area contributed by atoms with Gasteiger partial charge in [0.05, 0.1) is 6.42 Å². The molecule has 0 aromatic heterocycles. The molecule has 0 spiro atoms. The third-order valence-corrected chi connectivity index (χ3v) is 8.20. The molecule has 2 atom stereocenters. The van der Waals surface area contributed by atoms with Gasteiger partial charge in [0.15, 0.2) is 0 Å². The van der Waals surface area contributed by atoms with Crippen LogP contribution in [0.2, 0.25) is 0 Å². The molecule has 2 aliphatic rings. The minimum Gasteiger partial charge on any atom is -0.481 e. The van der Waals surface area contributed by atoms with E-state index in [-0.39, 0.29) is 43.2 Å². The highest BCUT2D eigenvalue weighted by Gasteiger charge is 2.34. The Kier molecular flexibility index (Phi) is 8.79. The highest BCUT2D eigenvalue weighted by Crippen LogP contribution is 2.44. The van der Waals surface area contributed by atoms with Crippen molar-refractivity contribution in [1.82, 2.24) is 10.2 Å². The number of nitrogens with one attached hydrogen (secondary N) is 1. The topological polar surface area (TPSA) is 95.9 Å². The van der Waals surface area contributed by atoms with E-state index in [4.69, 9.17) is 4.74 Å². The lowest BCUT2D eigenvalue weighted by atomic mass is 9.78. The second-order valence-corrected chi connectivity index (χ2v) is 10.7. The molecular formula is C33H36N2O5. The summed E-state index contributed by atoms with van der Waals surface area (Å²) in [7, 11) is 0. The van der Waals surface area contributed by atoms with Gasteiger partial charge in [0, 0.05) is 31.5 Å². The van der Waals surface area contributed by atoms with Crippen LogP contribution >= 0.6 is 0 Å². The second kappa shape index (κ2) is 12.8. The number of aliphatic carboxylic acids is 1. The molecule has 0 radical (unpaired) electrons. The van der Waals surface area contributed by atoms with E-state index in [2.05, 4.69) is 29.6 Å². The maximum absolute atomic E-state index is 13.7. The molecule has 1 fully saturated rings. The van der Waals surface area contributed by atoms with Crippen molar-refractivity contribution >= 4 is 18.0 Å². The van der Waals surface area contributed by atoms with Crippen molar-refractivity contribution in [3.05, 3.63) is 95.6 Å². The van der Waals surface area contributed by atoms with Gasteiger partial charge in [-0.25, -0.2) is 4.79 Å². The molecule has 0 saturated heterocycles. The third-order valence-electron chi connectivity index (χ3n) is 8.20. The van der Waals surface area contributed by atoms with Gasteiger partial charge < -0.3 is 20.1 Å². The zero-order valence-corrected chi connectivity index (χ0v) is 22.6. The van der Waals surface area contributed by atoms with Crippen LogP contribution in [0.3, 0.4) is 0 Å². The van der Waals surface area contributed by atoms with Crippen LogP contribution < -0.4 is 5.32 Å². The summed E-state index contributed by atoms with van der Waals surface area (Å²) < 4.78 is 5.71. The Morgan fingerprint density at radius 1 is 0.850 bits per heavy atom. The molecular weight excluding hydrogens is 504 g/mol. The summed E-state index contributed by atoms with van der Waals surface area (Å²) in [6, 6.07) is 26.1. The minimum atomic E-state index is -0.928. The molecule has 5 rings (SSSR count). The molecule has 3 aromatic carbocycles. The zero-order valence-electron chi connectivity index (χ0n) is 22.6. The van der Waals surface area contributed by atoms with E-state index < -0.39 is 12.1 Å². The van der Waals surface area contributed by atoms with E-state index in [9.17, 15) is 19.5 Å². The van der Waals surface area contributed by atoms with Crippen LogP contribution in [-0.4, -0.2) is 47.7 Å². The minimum absolute atomic E-state index is 0.0112. The number of ether oxygens (including phenoxy) is 1. The summed E-state index contributed by atoms with van der Waals surface area (Å²) in [6.45, 7) is 1.13. The molecule has 0 bridgehead atoms. The van der Waals surface area contributed by atoms with Gasteiger partial charge in [-0.05, 0) is 46.6 Å². The van der Waals surface area contributed by atoms with Gasteiger partial charge in [0.25, 0.3) is 0 Å². The number of carboxylic acids is 1. The normalized spacial score (nSPS) is 17.9.